The number of halogens is 1. The van der Waals surface area contributed by atoms with Gasteiger partial charge in [0.25, 0.3) is 0 Å². The van der Waals surface area contributed by atoms with Crippen molar-refractivity contribution in [2.75, 3.05) is 60.8 Å². The van der Waals surface area contributed by atoms with Gasteiger partial charge in [0.15, 0.2) is 0 Å². The van der Waals surface area contributed by atoms with Crippen molar-refractivity contribution in [2.45, 2.75) is 191 Å². The van der Waals surface area contributed by atoms with Crippen LogP contribution in [-0.2, 0) is 57.2 Å². The number of benzene rings is 3. The number of amides is 5. The first-order valence-corrected chi connectivity index (χ1v) is 38.2. The van der Waals surface area contributed by atoms with E-state index in [9.17, 15) is 48.3 Å². The summed E-state index contributed by atoms with van der Waals surface area (Å²) in [7, 11) is 4.75. The number of methoxy groups -OCH3 is 3. The quantitative estimate of drug-likeness (QED) is 0.0263. The standard InChI is InChI=1S/2C28H35N3O7.C20H24N2O6.C8H13NO2.ClH/c2*1-7-17-15-28(17,25(33)36-8-2)30-24(32)22-14-19(16-31(22)26(34)38-27(3,4)5)37-23-11-12-29-21-13-18(35-6)9-10-20(21)23;1-20(2,3)28-19(25)22-11-13(10-16(22)18(23)24)27-17-7-8-21-15-9-12(26-4)5-6-14(15)17;1-3-6-5-8(6,9)7(10)11-4-2;/h2*7,9-13,17,19,22H,1,8,14-16H2,2-6H3,(H,30,32);5-9,13,16H,10-11H2,1-4H3,(H,23,24);3,6H,1,4-5,9H2,2H3;1H/t17-,19+,22-,28-;17-,19-,22+,28-;13-,16+;;/m011../s1. The van der Waals surface area contributed by atoms with Crippen molar-refractivity contribution < 1.29 is 105 Å². The van der Waals surface area contributed by atoms with Gasteiger partial charge in [-0.2, -0.15) is 0 Å². The topological polar surface area (TPSA) is 383 Å². The SMILES string of the molecule is C=CC1CC1(N)C(=O)OCC.C=C[C@@H]1C[C@]1(NC(=O)[C@@H]1C[C@@H](Oc2ccnc3cc(OC)ccc23)CN1C(=O)OC(C)(C)C)C(=O)OCC.C=C[C@H]1C[C@@]1(NC(=O)[C@@H]1C[C@@H](Oc2ccnc3cc(OC)ccc23)CN1C(=O)OC(C)(C)C)C(=O)OCC.COc1ccc2c(O[C@@H]3C[C@@H](C(=O)O)N(C(=O)OC(C)(C)C)C3)ccnc2c1.Cl. The molecule has 6 fully saturated rings. The van der Waals surface area contributed by atoms with Crippen LogP contribution >= 0.6 is 12.4 Å². The molecule has 116 heavy (non-hydrogen) atoms. The van der Waals surface area contributed by atoms with Crippen LogP contribution < -0.4 is 44.8 Å². The first-order valence-electron chi connectivity index (χ1n) is 38.2. The second-order valence-corrected chi connectivity index (χ2v) is 31.5. The minimum absolute atomic E-state index is 0. The number of hydrogen-bond donors (Lipinski definition) is 4. The summed E-state index contributed by atoms with van der Waals surface area (Å²) in [6.45, 7) is 33.2. The molecule has 0 bridgehead atoms. The molecule has 6 aliphatic rings. The van der Waals surface area contributed by atoms with Gasteiger partial charge >= 0.3 is 42.2 Å². The molecule has 2 unspecified atom stereocenters. The van der Waals surface area contributed by atoms with E-state index in [2.05, 4.69) is 45.3 Å². The highest BCUT2D eigenvalue weighted by molar-refractivity contribution is 5.97. The highest BCUT2D eigenvalue weighted by atomic mass is 35.5. The molecular weight excluding hydrogens is 1520 g/mol. The van der Waals surface area contributed by atoms with Gasteiger partial charge in [-0.25, -0.2) is 28.8 Å². The lowest BCUT2D eigenvalue weighted by Gasteiger charge is -2.28. The number of carboxylic acid groups (broad SMARTS) is 1. The Morgan fingerprint density at radius 3 is 1.04 bits per heavy atom. The van der Waals surface area contributed by atoms with Crippen LogP contribution in [0.1, 0.15) is 122 Å². The Morgan fingerprint density at radius 1 is 0.474 bits per heavy atom. The Bertz CT molecular complexity index is 4430. The van der Waals surface area contributed by atoms with Crippen molar-refractivity contribution in [2.24, 2.45) is 23.5 Å². The molecule has 628 valence electrons. The summed E-state index contributed by atoms with van der Waals surface area (Å²) in [6.07, 6.45) is 8.52. The number of nitrogens with two attached hydrogens (primary N) is 1. The van der Waals surface area contributed by atoms with Crippen LogP contribution in [0.2, 0.25) is 0 Å². The third kappa shape index (κ3) is 21.8. The first kappa shape index (κ1) is 90.3. The number of esters is 3. The van der Waals surface area contributed by atoms with Crippen LogP contribution in [-0.4, -0.2) is 219 Å². The molecule has 3 saturated heterocycles. The summed E-state index contributed by atoms with van der Waals surface area (Å²) in [5.74, 6) is 0.0392. The number of nitrogens with one attached hydrogen (secondary N) is 2. The van der Waals surface area contributed by atoms with Gasteiger partial charge < -0.3 is 78.3 Å². The average molecular weight is 1630 g/mol. The van der Waals surface area contributed by atoms with Crippen LogP contribution in [0, 0.1) is 17.8 Å². The van der Waals surface area contributed by atoms with Crippen molar-refractivity contribution in [1.82, 2.24) is 40.3 Å². The summed E-state index contributed by atoms with van der Waals surface area (Å²) < 4.78 is 66.2. The molecule has 5 N–H and O–H groups in total. The molecule has 6 heterocycles. The van der Waals surface area contributed by atoms with E-state index in [0.717, 1.165) is 16.2 Å². The number of aliphatic carboxylic acids is 1. The number of hydrogen-bond acceptors (Lipinski definition) is 25. The summed E-state index contributed by atoms with van der Waals surface area (Å²) in [5.41, 5.74) is 2.46. The Balaban J connectivity index is 0.000000205. The van der Waals surface area contributed by atoms with Crippen molar-refractivity contribution in [1.29, 1.82) is 0 Å². The van der Waals surface area contributed by atoms with Crippen molar-refractivity contribution in [3.05, 3.63) is 129 Å². The largest absolute Gasteiger partial charge is 0.497 e. The molecule has 0 radical (unpaired) electrons. The zero-order chi connectivity index (χ0) is 84.3. The van der Waals surface area contributed by atoms with E-state index in [1.165, 1.54) is 14.7 Å². The van der Waals surface area contributed by atoms with E-state index < -0.39 is 118 Å². The normalized spacial score (nSPS) is 24.0. The number of likely N-dealkylation sites (tertiary alicyclic amines) is 3. The van der Waals surface area contributed by atoms with Crippen molar-refractivity contribution >= 4 is 99.1 Å². The van der Waals surface area contributed by atoms with Gasteiger partial charge in [-0.3, -0.25) is 44.0 Å². The van der Waals surface area contributed by atoms with Crippen LogP contribution in [0.15, 0.2) is 129 Å². The first-order chi connectivity index (χ1) is 54.3. The van der Waals surface area contributed by atoms with E-state index in [-0.39, 0.29) is 88.2 Å². The summed E-state index contributed by atoms with van der Waals surface area (Å²) in [6, 6.07) is 18.8. The van der Waals surface area contributed by atoms with Crippen molar-refractivity contribution in [3.63, 3.8) is 0 Å². The van der Waals surface area contributed by atoms with Gasteiger partial charge in [0.2, 0.25) is 11.8 Å². The van der Waals surface area contributed by atoms with E-state index in [0.29, 0.717) is 76.9 Å². The molecule has 3 aromatic carbocycles. The zero-order valence-corrected chi connectivity index (χ0v) is 69.2. The lowest BCUT2D eigenvalue weighted by Crippen LogP contribution is -2.53. The van der Waals surface area contributed by atoms with Crippen LogP contribution in [0.25, 0.3) is 32.7 Å². The molecule has 32 heteroatoms. The fourth-order valence-electron chi connectivity index (χ4n) is 13.7. The van der Waals surface area contributed by atoms with Crippen LogP contribution in [0.4, 0.5) is 14.4 Å². The van der Waals surface area contributed by atoms with E-state index in [1.54, 1.807) is 184 Å². The van der Waals surface area contributed by atoms with Gasteiger partial charge in [0.05, 0.1) is 77.3 Å². The number of carboxylic acids is 1. The molecule has 3 aliphatic carbocycles. The summed E-state index contributed by atoms with van der Waals surface area (Å²) >= 11 is 0. The van der Waals surface area contributed by atoms with Gasteiger partial charge in [0.1, 0.15) is 104 Å². The van der Waals surface area contributed by atoms with E-state index in [4.69, 9.17) is 62.6 Å². The minimum Gasteiger partial charge on any atom is -0.497 e. The molecule has 3 aliphatic heterocycles. The number of ether oxygens (including phenoxy) is 12. The fourth-order valence-corrected chi connectivity index (χ4v) is 13.7. The van der Waals surface area contributed by atoms with Crippen LogP contribution in [0.5, 0.6) is 34.5 Å². The predicted octanol–water partition coefficient (Wildman–Crippen LogP) is 11.2. The molecular formula is C84H108ClN9O22. The molecule has 12 rings (SSSR count). The molecule has 31 nitrogen and oxygen atoms in total. The summed E-state index contributed by atoms with van der Waals surface area (Å²) in [4.78, 5) is 131. The van der Waals surface area contributed by atoms with Crippen LogP contribution in [0.3, 0.4) is 0 Å². The van der Waals surface area contributed by atoms with Gasteiger partial charge in [0, 0.05) is 90.0 Å². The average Bonchev–Trinajstić information content (AvgIpc) is 1.60. The van der Waals surface area contributed by atoms with Crippen molar-refractivity contribution in [3.8, 4) is 34.5 Å². The number of pyridine rings is 3. The molecule has 12 atom stereocenters. The number of aromatic nitrogens is 3. The van der Waals surface area contributed by atoms with Gasteiger partial charge in [-0.1, -0.05) is 18.2 Å². The third-order valence-electron chi connectivity index (χ3n) is 19.7. The second-order valence-electron chi connectivity index (χ2n) is 31.5. The maximum atomic E-state index is 13.6. The maximum Gasteiger partial charge on any atom is 0.411 e. The number of carbonyl (C=O) groups is 9. The zero-order valence-electron chi connectivity index (χ0n) is 68.4. The highest BCUT2D eigenvalue weighted by Gasteiger charge is 2.64. The number of nitrogens with zero attached hydrogens (tertiary/aromatic N) is 6. The van der Waals surface area contributed by atoms with Gasteiger partial charge in [-0.05, 0) is 157 Å². The lowest BCUT2D eigenvalue weighted by molar-refractivity contribution is -0.150. The minimum atomic E-state index is -1.17. The lowest BCUT2D eigenvalue weighted by atomic mass is 10.1. The number of carbonyl (C=O) groups excluding carboxylic acids is 8. The monoisotopic (exact) mass is 1630 g/mol. The fraction of sp³-hybridized carbons (Fsp3) is 0.500. The van der Waals surface area contributed by atoms with E-state index in [1.807, 2.05) is 30.3 Å². The Hall–Kier alpha value is -11.2. The second kappa shape index (κ2) is 37.6. The third-order valence-corrected chi connectivity index (χ3v) is 19.7. The van der Waals surface area contributed by atoms with Gasteiger partial charge in [-0.15, -0.1) is 32.1 Å². The maximum absolute atomic E-state index is 13.6. The molecule has 0 spiro atoms. The highest BCUT2D eigenvalue weighted by Crippen LogP contribution is 2.48. The smallest absolute Gasteiger partial charge is 0.411 e. The predicted molar refractivity (Wildman–Crippen MR) is 431 cm³/mol. The van der Waals surface area contributed by atoms with E-state index >= 15 is 0 Å². The summed E-state index contributed by atoms with van der Waals surface area (Å²) in [5, 5.41) is 17.6. The Kier molecular flexibility index (Phi) is 29.3. The molecule has 6 aromatic rings. The Labute approximate surface area is 680 Å². The molecule has 3 saturated carbocycles. The number of fused-ring (bicyclic) bond motifs is 3. The molecule has 5 amide bonds. The molecule has 3 aromatic heterocycles. The Morgan fingerprint density at radius 2 is 0.776 bits per heavy atom. The number of rotatable bonds is 23.